The van der Waals surface area contributed by atoms with Crippen molar-refractivity contribution in [3.05, 3.63) is 29.8 Å². The minimum absolute atomic E-state index is 0.0688. The zero-order valence-corrected chi connectivity index (χ0v) is 11.6. The van der Waals surface area contributed by atoms with Crippen LogP contribution >= 0.6 is 0 Å². The number of hydrogen-bond donors (Lipinski definition) is 2. The fourth-order valence-electron chi connectivity index (χ4n) is 1.85. The van der Waals surface area contributed by atoms with Crippen LogP contribution in [0.1, 0.15) is 25.3 Å². The van der Waals surface area contributed by atoms with Gasteiger partial charge in [-0.05, 0) is 31.5 Å². The van der Waals surface area contributed by atoms with E-state index in [4.69, 9.17) is 5.73 Å². The van der Waals surface area contributed by atoms with E-state index in [1.165, 1.54) is 4.90 Å². The van der Waals surface area contributed by atoms with Crippen LogP contribution in [0.5, 0.6) is 0 Å². The highest BCUT2D eigenvalue weighted by molar-refractivity contribution is 5.88. The molecule has 2 amide bonds. The molecule has 0 aromatic heterocycles. The van der Waals surface area contributed by atoms with Gasteiger partial charge in [0.2, 0.25) is 11.8 Å². The lowest BCUT2D eigenvalue weighted by Gasteiger charge is -2.21. The van der Waals surface area contributed by atoms with Crippen molar-refractivity contribution in [1.29, 1.82) is 0 Å². The van der Waals surface area contributed by atoms with Gasteiger partial charge in [0.1, 0.15) is 0 Å². The smallest absolute Gasteiger partial charge is 0.239 e. The van der Waals surface area contributed by atoms with E-state index in [9.17, 15) is 9.59 Å². The monoisotopic (exact) mass is 263 g/mol. The molecule has 0 bridgehead atoms. The van der Waals surface area contributed by atoms with Crippen LogP contribution in [0.2, 0.25) is 0 Å². The van der Waals surface area contributed by atoms with Crippen LogP contribution < -0.4 is 11.1 Å². The van der Waals surface area contributed by atoms with E-state index in [0.29, 0.717) is 12.2 Å². The van der Waals surface area contributed by atoms with Crippen LogP contribution in [0, 0.1) is 0 Å². The first kappa shape index (κ1) is 15.0. The molecule has 0 radical (unpaired) electrons. The lowest BCUT2D eigenvalue weighted by Crippen LogP contribution is -2.39. The lowest BCUT2D eigenvalue weighted by molar-refractivity contribution is -0.135. The van der Waals surface area contributed by atoms with E-state index < -0.39 is 0 Å². The van der Waals surface area contributed by atoms with Crippen molar-refractivity contribution in [2.75, 3.05) is 25.9 Å². The van der Waals surface area contributed by atoms with E-state index >= 15 is 0 Å². The Labute approximate surface area is 113 Å². The van der Waals surface area contributed by atoms with Crippen molar-refractivity contribution in [3.63, 3.8) is 0 Å². The number of nitrogen functional groups attached to an aromatic ring is 1. The SMILES string of the molecule is CCNC(=O)CN(C)C(=O)C(C)c1cccc(N)c1. The molecule has 104 valence electrons. The number of anilines is 1. The molecule has 1 atom stereocenters. The molecule has 0 spiro atoms. The van der Waals surface area contributed by atoms with Gasteiger partial charge in [-0.15, -0.1) is 0 Å². The van der Waals surface area contributed by atoms with Crippen molar-refractivity contribution >= 4 is 17.5 Å². The third-order valence-electron chi connectivity index (χ3n) is 2.91. The molecule has 0 saturated heterocycles. The highest BCUT2D eigenvalue weighted by Gasteiger charge is 2.20. The number of hydrogen-bond acceptors (Lipinski definition) is 3. The maximum atomic E-state index is 12.2. The zero-order valence-electron chi connectivity index (χ0n) is 11.6. The van der Waals surface area contributed by atoms with Gasteiger partial charge in [0.15, 0.2) is 0 Å². The van der Waals surface area contributed by atoms with Gasteiger partial charge in [-0.3, -0.25) is 9.59 Å². The first-order valence-electron chi connectivity index (χ1n) is 6.32. The molecule has 0 aliphatic carbocycles. The Hall–Kier alpha value is -2.04. The van der Waals surface area contributed by atoms with E-state index in [1.54, 1.807) is 19.2 Å². The average Bonchev–Trinajstić information content (AvgIpc) is 2.37. The number of carbonyl (C=O) groups excluding carboxylic acids is 2. The summed E-state index contributed by atoms with van der Waals surface area (Å²) in [5, 5.41) is 2.67. The Kier molecular flexibility index (Phi) is 5.36. The quantitative estimate of drug-likeness (QED) is 0.777. The second-order valence-electron chi connectivity index (χ2n) is 4.54. The fourth-order valence-corrected chi connectivity index (χ4v) is 1.85. The molecule has 1 rings (SSSR count). The summed E-state index contributed by atoms with van der Waals surface area (Å²) in [6.45, 7) is 4.28. The molecular formula is C14H21N3O2. The summed E-state index contributed by atoms with van der Waals surface area (Å²) in [6.07, 6.45) is 0. The van der Waals surface area contributed by atoms with Crippen LogP contribution in [0.4, 0.5) is 5.69 Å². The first-order valence-corrected chi connectivity index (χ1v) is 6.32. The van der Waals surface area contributed by atoms with Gasteiger partial charge in [0.25, 0.3) is 0 Å². The number of likely N-dealkylation sites (N-methyl/N-ethyl adjacent to an activating group) is 2. The van der Waals surface area contributed by atoms with Gasteiger partial charge in [0, 0.05) is 19.3 Å². The normalized spacial score (nSPS) is 11.7. The number of benzene rings is 1. The lowest BCUT2D eigenvalue weighted by atomic mass is 9.99. The summed E-state index contributed by atoms with van der Waals surface area (Å²) in [4.78, 5) is 25.1. The predicted octanol–water partition coefficient (Wildman–Crippen LogP) is 0.967. The molecular weight excluding hydrogens is 242 g/mol. The number of nitrogens with two attached hydrogens (primary N) is 1. The molecule has 0 aliphatic rings. The summed E-state index contributed by atoms with van der Waals surface area (Å²) in [7, 11) is 1.63. The Morgan fingerprint density at radius 3 is 2.68 bits per heavy atom. The third-order valence-corrected chi connectivity index (χ3v) is 2.91. The van der Waals surface area contributed by atoms with E-state index in [2.05, 4.69) is 5.32 Å². The third kappa shape index (κ3) is 4.28. The first-order chi connectivity index (χ1) is 8.95. The number of nitrogens with zero attached hydrogens (tertiary/aromatic N) is 1. The van der Waals surface area contributed by atoms with Gasteiger partial charge >= 0.3 is 0 Å². The van der Waals surface area contributed by atoms with Crippen LogP contribution in [0.15, 0.2) is 24.3 Å². The summed E-state index contributed by atoms with van der Waals surface area (Å²) in [6, 6.07) is 7.23. The Morgan fingerprint density at radius 2 is 2.11 bits per heavy atom. The Balaban J connectivity index is 2.68. The molecule has 1 aromatic rings. The van der Waals surface area contributed by atoms with E-state index in [0.717, 1.165) is 5.56 Å². The second-order valence-corrected chi connectivity index (χ2v) is 4.54. The van der Waals surface area contributed by atoms with Crippen LogP contribution in [-0.2, 0) is 9.59 Å². The standard InChI is InChI=1S/C14H21N3O2/c1-4-16-13(18)9-17(3)14(19)10(2)11-6-5-7-12(15)8-11/h5-8,10H,4,9,15H2,1-3H3,(H,16,18). The Morgan fingerprint density at radius 1 is 1.42 bits per heavy atom. The van der Waals surface area contributed by atoms with Gasteiger partial charge in [-0.2, -0.15) is 0 Å². The molecule has 5 nitrogen and oxygen atoms in total. The number of carbonyl (C=O) groups is 2. The van der Waals surface area contributed by atoms with Crippen molar-refractivity contribution in [3.8, 4) is 0 Å². The number of amides is 2. The predicted molar refractivity (Wildman–Crippen MR) is 75.6 cm³/mol. The van der Waals surface area contributed by atoms with Gasteiger partial charge in [-0.1, -0.05) is 12.1 Å². The highest BCUT2D eigenvalue weighted by atomic mass is 16.2. The number of nitrogens with one attached hydrogen (secondary N) is 1. The Bertz CT molecular complexity index is 460. The summed E-state index contributed by atoms with van der Waals surface area (Å²) >= 11 is 0. The molecule has 1 aromatic carbocycles. The van der Waals surface area contributed by atoms with Gasteiger partial charge in [-0.25, -0.2) is 0 Å². The molecule has 1 unspecified atom stereocenters. The molecule has 3 N–H and O–H groups in total. The molecule has 0 fully saturated rings. The zero-order chi connectivity index (χ0) is 14.4. The topological polar surface area (TPSA) is 75.4 Å². The fraction of sp³-hybridized carbons (Fsp3) is 0.429. The van der Waals surface area contributed by atoms with Crippen LogP contribution in [-0.4, -0.2) is 36.9 Å². The highest BCUT2D eigenvalue weighted by Crippen LogP contribution is 2.19. The molecule has 0 heterocycles. The molecule has 19 heavy (non-hydrogen) atoms. The maximum absolute atomic E-state index is 12.2. The second kappa shape index (κ2) is 6.78. The minimum atomic E-state index is -0.317. The van der Waals surface area contributed by atoms with Gasteiger partial charge < -0.3 is 16.0 Å². The average molecular weight is 263 g/mol. The van der Waals surface area contributed by atoms with Gasteiger partial charge in [0.05, 0.1) is 12.5 Å². The maximum Gasteiger partial charge on any atom is 0.239 e. The van der Waals surface area contributed by atoms with Crippen molar-refractivity contribution in [2.45, 2.75) is 19.8 Å². The molecule has 0 aliphatic heterocycles. The van der Waals surface area contributed by atoms with Crippen molar-refractivity contribution in [1.82, 2.24) is 10.2 Å². The molecule has 0 saturated carbocycles. The van der Waals surface area contributed by atoms with E-state index in [-0.39, 0.29) is 24.3 Å². The summed E-state index contributed by atoms with van der Waals surface area (Å²) in [5.41, 5.74) is 7.19. The number of rotatable bonds is 5. The molecule has 5 heteroatoms. The minimum Gasteiger partial charge on any atom is -0.399 e. The summed E-state index contributed by atoms with van der Waals surface area (Å²) < 4.78 is 0. The van der Waals surface area contributed by atoms with E-state index in [1.807, 2.05) is 26.0 Å². The van der Waals surface area contributed by atoms with Crippen molar-refractivity contribution in [2.24, 2.45) is 0 Å². The van der Waals surface area contributed by atoms with Crippen molar-refractivity contribution < 1.29 is 9.59 Å². The summed E-state index contributed by atoms with van der Waals surface area (Å²) in [5.74, 6) is -0.571. The van der Waals surface area contributed by atoms with Crippen LogP contribution in [0.25, 0.3) is 0 Å². The largest absolute Gasteiger partial charge is 0.399 e. The van der Waals surface area contributed by atoms with Crippen LogP contribution in [0.3, 0.4) is 0 Å².